The summed E-state index contributed by atoms with van der Waals surface area (Å²) < 4.78 is 0. The topological polar surface area (TPSA) is 26.7 Å². The summed E-state index contributed by atoms with van der Waals surface area (Å²) in [6, 6.07) is 0. The van der Waals surface area contributed by atoms with E-state index in [1.165, 1.54) is 0 Å². The second-order valence-corrected chi connectivity index (χ2v) is 3.55. The number of hydrogen-bond acceptors (Lipinski definition) is 3. The van der Waals surface area contributed by atoms with Gasteiger partial charge in [0, 0.05) is 26.2 Å². The molecule has 1 saturated heterocycles. The molecule has 0 radical (unpaired) electrons. The van der Waals surface area contributed by atoms with Crippen LogP contribution in [0.2, 0.25) is 0 Å². The second kappa shape index (κ2) is 4.04. The van der Waals surface area contributed by atoms with Crippen LogP contribution in [0.3, 0.4) is 0 Å². The molecule has 1 atom stereocenters. The Morgan fingerprint density at radius 3 is 2.73 bits per heavy atom. The maximum Gasteiger partial charge on any atom is 0.0679 e. The van der Waals surface area contributed by atoms with E-state index >= 15 is 0 Å². The van der Waals surface area contributed by atoms with Crippen molar-refractivity contribution in [1.82, 2.24) is 9.80 Å². The lowest BCUT2D eigenvalue weighted by molar-refractivity contribution is 0.173. The van der Waals surface area contributed by atoms with Crippen LogP contribution in [-0.4, -0.2) is 61.3 Å². The highest BCUT2D eigenvalue weighted by Gasteiger charge is 2.19. The maximum absolute atomic E-state index is 9.21. The van der Waals surface area contributed by atoms with Gasteiger partial charge in [0.1, 0.15) is 0 Å². The molecule has 11 heavy (non-hydrogen) atoms. The van der Waals surface area contributed by atoms with Crippen molar-refractivity contribution in [3.8, 4) is 0 Å². The average Bonchev–Trinajstić information content (AvgIpc) is 2.31. The first-order valence-corrected chi connectivity index (χ1v) is 4.23. The van der Waals surface area contributed by atoms with Gasteiger partial charge in [0.2, 0.25) is 0 Å². The van der Waals surface area contributed by atoms with Crippen LogP contribution < -0.4 is 0 Å². The number of hydrogen-bond donors (Lipinski definition) is 1. The lowest BCUT2D eigenvalue weighted by Crippen LogP contribution is -2.30. The first-order valence-electron chi connectivity index (χ1n) is 4.23. The Hall–Kier alpha value is -0.120. The number of nitrogens with zero attached hydrogens (tertiary/aromatic N) is 2. The van der Waals surface area contributed by atoms with Gasteiger partial charge < -0.3 is 10.0 Å². The Morgan fingerprint density at radius 1 is 1.55 bits per heavy atom. The summed E-state index contributed by atoms with van der Waals surface area (Å²) in [7, 11) is 4.15. The Kier molecular flexibility index (Phi) is 3.30. The molecule has 0 aliphatic carbocycles. The summed E-state index contributed by atoms with van der Waals surface area (Å²) in [5.41, 5.74) is 0. The van der Waals surface area contributed by atoms with Crippen molar-refractivity contribution < 1.29 is 5.11 Å². The summed E-state index contributed by atoms with van der Waals surface area (Å²) >= 11 is 0. The smallest absolute Gasteiger partial charge is 0.0679 e. The van der Waals surface area contributed by atoms with Crippen LogP contribution >= 0.6 is 0 Å². The Labute approximate surface area is 68.6 Å². The molecule has 1 heterocycles. The second-order valence-electron chi connectivity index (χ2n) is 3.55. The van der Waals surface area contributed by atoms with Crippen LogP contribution in [-0.2, 0) is 0 Å². The number of aliphatic hydroxyl groups is 1. The molecule has 1 N–H and O–H groups in total. The molecule has 0 saturated carbocycles. The van der Waals surface area contributed by atoms with Gasteiger partial charge in [-0.25, -0.2) is 0 Å². The Balaban J connectivity index is 2.08. The van der Waals surface area contributed by atoms with E-state index in [1.807, 2.05) is 0 Å². The molecule has 0 amide bonds. The van der Waals surface area contributed by atoms with Gasteiger partial charge in [-0.05, 0) is 20.5 Å². The van der Waals surface area contributed by atoms with Crippen molar-refractivity contribution >= 4 is 0 Å². The third-order valence-corrected chi connectivity index (χ3v) is 2.11. The van der Waals surface area contributed by atoms with Gasteiger partial charge >= 0.3 is 0 Å². The van der Waals surface area contributed by atoms with Gasteiger partial charge in [-0.3, -0.25) is 4.90 Å². The third-order valence-electron chi connectivity index (χ3n) is 2.11. The van der Waals surface area contributed by atoms with Gasteiger partial charge in [0.15, 0.2) is 0 Å². The predicted octanol–water partition coefficient (Wildman–Crippen LogP) is -0.385. The number of rotatable bonds is 3. The summed E-state index contributed by atoms with van der Waals surface area (Å²) in [5, 5.41) is 9.21. The molecule has 3 heteroatoms. The molecule has 3 nitrogen and oxygen atoms in total. The lowest BCUT2D eigenvalue weighted by atomic mass is 10.3. The van der Waals surface area contributed by atoms with Crippen molar-refractivity contribution in [2.45, 2.75) is 12.5 Å². The molecule has 0 aromatic carbocycles. The quantitative estimate of drug-likeness (QED) is 0.606. The third kappa shape index (κ3) is 3.18. The Bertz CT molecular complexity index is 117. The van der Waals surface area contributed by atoms with Crippen LogP contribution in [0.1, 0.15) is 6.42 Å². The minimum atomic E-state index is -0.0721. The fourth-order valence-corrected chi connectivity index (χ4v) is 1.36. The highest BCUT2D eigenvalue weighted by molar-refractivity contribution is 4.74. The zero-order valence-corrected chi connectivity index (χ0v) is 7.45. The molecule has 0 aromatic rings. The van der Waals surface area contributed by atoms with Crippen molar-refractivity contribution in [3.63, 3.8) is 0 Å². The molecule has 66 valence electrons. The van der Waals surface area contributed by atoms with E-state index in [0.717, 1.165) is 32.6 Å². The molecular formula is C8H18N2O. The summed E-state index contributed by atoms with van der Waals surface area (Å²) in [4.78, 5) is 4.48. The minimum Gasteiger partial charge on any atom is -0.392 e. The van der Waals surface area contributed by atoms with E-state index in [4.69, 9.17) is 0 Å². The van der Waals surface area contributed by atoms with Crippen LogP contribution in [0.5, 0.6) is 0 Å². The lowest BCUT2D eigenvalue weighted by Gasteiger charge is -2.17. The monoisotopic (exact) mass is 158 g/mol. The SMILES string of the molecule is CN(C)CCN1CCC(O)C1. The summed E-state index contributed by atoms with van der Waals surface area (Å²) in [6.07, 6.45) is 0.880. The van der Waals surface area contributed by atoms with E-state index in [0.29, 0.717) is 0 Å². The normalized spacial score (nSPS) is 26.7. The van der Waals surface area contributed by atoms with Gasteiger partial charge in [-0.2, -0.15) is 0 Å². The van der Waals surface area contributed by atoms with Gasteiger partial charge in [-0.15, -0.1) is 0 Å². The zero-order valence-electron chi connectivity index (χ0n) is 7.45. The number of likely N-dealkylation sites (N-methyl/N-ethyl adjacent to an activating group) is 1. The molecule has 1 fully saturated rings. The van der Waals surface area contributed by atoms with Gasteiger partial charge in [-0.1, -0.05) is 0 Å². The van der Waals surface area contributed by atoms with Gasteiger partial charge in [0.05, 0.1) is 6.10 Å². The van der Waals surface area contributed by atoms with E-state index < -0.39 is 0 Å². The Morgan fingerprint density at radius 2 is 2.27 bits per heavy atom. The van der Waals surface area contributed by atoms with Crippen molar-refractivity contribution in [2.75, 3.05) is 40.3 Å². The number of likely N-dealkylation sites (tertiary alicyclic amines) is 1. The first kappa shape index (κ1) is 8.97. The number of aliphatic hydroxyl groups excluding tert-OH is 1. The fraction of sp³-hybridized carbons (Fsp3) is 1.00. The fourth-order valence-electron chi connectivity index (χ4n) is 1.36. The molecule has 1 rings (SSSR count). The highest BCUT2D eigenvalue weighted by Crippen LogP contribution is 2.07. The standard InChI is InChI=1S/C8H18N2O/c1-9(2)5-6-10-4-3-8(11)7-10/h8,11H,3-7H2,1-2H3. The molecule has 0 bridgehead atoms. The van der Waals surface area contributed by atoms with E-state index in [2.05, 4.69) is 23.9 Å². The molecule has 1 unspecified atom stereocenters. The van der Waals surface area contributed by atoms with E-state index in [-0.39, 0.29) is 6.10 Å². The highest BCUT2D eigenvalue weighted by atomic mass is 16.3. The average molecular weight is 158 g/mol. The van der Waals surface area contributed by atoms with Crippen molar-refractivity contribution in [1.29, 1.82) is 0 Å². The van der Waals surface area contributed by atoms with Crippen molar-refractivity contribution in [2.24, 2.45) is 0 Å². The minimum absolute atomic E-state index is 0.0721. The summed E-state index contributed by atoms with van der Waals surface area (Å²) in [5.74, 6) is 0. The van der Waals surface area contributed by atoms with Crippen LogP contribution in [0.4, 0.5) is 0 Å². The van der Waals surface area contributed by atoms with Crippen LogP contribution in [0.25, 0.3) is 0 Å². The van der Waals surface area contributed by atoms with Crippen molar-refractivity contribution in [3.05, 3.63) is 0 Å². The molecule has 0 aromatic heterocycles. The molecule has 1 aliphatic rings. The first-order chi connectivity index (χ1) is 5.18. The number of β-amino-alcohol motifs (C(OH)–C–C–N with tert-alkyl or cyclic N) is 1. The summed E-state index contributed by atoms with van der Waals surface area (Å²) in [6.45, 7) is 4.11. The van der Waals surface area contributed by atoms with E-state index in [9.17, 15) is 5.11 Å². The van der Waals surface area contributed by atoms with Crippen LogP contribution in [0.15, 0.2) is 0 Å². The predicted molar refractivity (Wildman–Crippen MR) is 45.6 cm³/mol. The largest absolute Gasteiger partial charge is 0.392 e. The van der Waals surface area contributed by atoms with E-state index in [1.54, 1.807) is 0 Å². The van der Waals surface area contributed by atoms with Gasteiger partial charge in [0.25, 0.3) is 0 Å². The molecular weight excluding hydrogens is 140 g/mol. The maximum atomic E-state index is 9.21. The molecule has 0 spiro atoms. The molecule has 1 aliphatic heterocycles. The van der Waals surface area contributed by atoms with Crippen LogP contribution in [0, 0.1) is 0 Å². The zero-order chi connectivity index (χ0) is 8.27.